The third-order valence-electron chi connectivity index (χ3n) is 3.26. The number of rotatable bonds is 2. The number of fused-ring (bicyclic) bond motifs is 1. The summed E-state index contributed by atoms with van der Waals surface area (Å²) in [7, 11) is 1.42. The number of nitrogens with zero attached hydrogens (tertiary/aromatic N) is 1. The summed E-state index contributed by atoms with van der Waals surface area (Å²) in [6.45, 7) is 0. The van der Waals surface area contributed by atoms with Crippen LogP contribution in [-0.4, -0.2) is 18.9 Å². The predicted molar refractivity (Wildman–Crippen MR) is 78.2 cm³/mol. The van der Waals surface area contributed by atoms with E-state index in [1.54, 1.807) is 24.3 Å². The van der Waals surface area contributed by atoms with Crippen molar-refractivity contribution in [2.75, 3.05) is 12.0 Å². The van der Waals surface area contributed by atoms with Crippen LogP contribution in [0.25, 0.3) is 0 Å². The zero-order chi connectivity index (χ0) is 15.1. The van der Waals surface area contributed by atoms with E-state index in [0.29, 0.717) is 10.2 Å². The van der Waals surface area contributed by atoms with Crippen LogP contribution in [0.3, 0.4) is 0 Å². The van der Waals surface area contributed by atoms with Gasteiger partial charge < -0.3 is 4.74 Å². The van der Waals surface area contributed by atoms with Crippen molar-refractivity contribution in [1.29, 1.82) is 0 Å². The summed E-state index contributed by atoms with van der Waals surface area (Å²) in [5, 5.41) is 0. The van der Waals surface area contributed by atoms with Crippen LogP contribution in [0.2, 0.25) is 0 Å². The van der Waals surface area contributed by atoms with E-state index >= 15 is 0 Å². The Morgan fingerprint density at radius 2 is 1.67 bits per heavy atom. The molecule has 1 heterocycles. The van der Waals surface area contributed by atoms with Crippen LogP contribution in [0.5, 0.6) is 5.75 Å². The molecule has 0 saturated carbocycles. The first-order valence-electron chi connectivity index (χ1n) is 6.05. The highest BCUT2D eigenvalue weighted by molar-refractivity contribution is 9.10. The molecule has 2 aromatic carbocycles. The van der Waals surface area contributed by atoms with E-state index in [1.807, 2.05) is 0 Å². The normalized spacial score (nSPS) is 13.6. The standard InChI is InChI=1S/C15H9BrFNO3/c1-21-13-7-12(11(17)6-10(13)16)18-14(19)8-4-2-3-5-9(8)15(18)20/h2-7H,1H3. The third kappa shape index (κ3) is 2.03. The molecule has 0 saturated heterocycles. The van der Waals surface area contributed by atoms with Crippen LogP contribution >= 0.6 is 15.9 Å². The molecule has 3 rings (SSSR count). The Morgan fingerprint density at radius 3 is 2.19 bits per heavy atom. The number of halogens is 2. The maximum absolute atomic E-state index is 14.2. The van der Waals surface area contributed by atoms with E-state index in [4.69, 9.17) is 4.74 Å². The number of benzene rings is 2. The molecule has 2 amide bonds. The first-order valence-corrected chi connectivity index (χ1v) is 6.84. The molecule has 0 fully saturated rings. The lowest BCUT2D eigenvalue weighted by molar-refractivity contribution is 0.0925. The minimum absolute atomic E-state index is 0.124. The Morgan fingerprint density at radius 1 is 1.10 bits per heavy atom. The molecular weight excluding hydrogens is 341 g/mol. The van der Waals surface area contributed by atoms with Crippen LogP contribution in [0.1, 0.15) is 20.7 Å². The average Bonchev–Trinajstić information content (AvgIpc) is 2.72. The highest BCUT2D eigenvalue weighted by atomic mass is 79.9. The summed E-state index contributed by atoms with van der Waals surface area (Å²) in [5.74, 6) is -1.43. The van der Waals surface area contributed by atoms with E-state index in [-0.39, 0.29) is 16.8 Å². The second kappa shape index (κ2) is 4.96. The molecule has 6 heteroatoms. The Balaban J connectivity index is 2.15. The number of ether oxygens (including phenoxy) is 1. The van der Waals surface area contributed by atoms with Crippen molar-refractivity contribution in [1.82, 2.24) is 0 Å². The molecule has 0 aliphatic carbocycles. The monoisotopic (exact) mass is 349 g/mol. The second-order valence-electron chi connectivity index (χ2n) is 4.43. The topological polar surface area (TPSA) is 46.6 Å². The van der Waals surface area contributed by atoms with E-state index < -0.39 is 17.6 Å². The molecule has 0 N–H and O–H groups in total. The van der Waals surface area contributed by atoms with Gasteiger partial charge in [0.1, 0.15) is 11.6 Å². The summed E-state index contributed by atoms with van der Waals surface area (Å²) in [6.07, 6.45) is 0. The molecular formula is C15H9BrFNO3. The number of hydrogen-bond acceptors (Lipinski definition) is 3. The molecule has 0 bridgehead atoms. The van der Waals surface area contributed by atoms with Gasteiger partial charge in [-0.25, -0.2) is 9.29 Å². The lowest BCUT2D eigenvalue weighted by atomic mass is 10.1. The summed E-state index contributed by atoms with van der Waals surface area (Å²) in [6, 6.07) is 8.89. The van der Waals surface area contributed by atoms with Crippen LogP contribution in [0.15, 0.2) is 40.9 Å². The van der Waals surface area contributed by atoms with E-state index in [2.05, 4.69) is 15.9 Å². The Bertz CT molecular complexity index is 741. The average molecular weight is 350 g/mol. The van der Waals surface area contributed by atoms with Crippen LogP contribution in [0.4, 0.5) is 10.1 Å². The number of hydrogen-bond donors (Lipinski definition) is 0. The zero-order valence-electron chi connectivity index (χ0n) is 10.9. The van der Waals surface area contributed by atoms with Gasteiger partial charge in [0.25, 0.3) is 11.8 Å². The van der Waals surface area contributed by atoms with Crippen LogP contribution in [0, 0.1) is 5.82 Å². The summed E-state index contributed by atoms with van der Waals surface area (Å²) < 4.78 is 19.6. The van der Waals surface area contributed by atoms with E-state index in [0.717, 1.165) is 11.0 Å². The number of imide groups is 1. The van der Waals surface area contributed by atoms with E-state index in [1.165, 1.54) is 13.2 Å². The summed E-state index contributed by atoms with van der Waals surface area (Å²) >= 11 is 3.16. The molecule has 0 radical (unpaired) electrons. The largest absolute Gasteiger partial charge is 0.495 e. The minimum atomic E-state index is -0.683. The zero-order valence-corrected chi connectivity index (χ0v) is 12.5. The molecule has 0 atom stereocenters. The van der Waals surface area contributed by atoms with Crippen molar-refractivity contribution < 1.29 is 18.7 Å². The van der Waals surface area contributed by atoms with Crippen molar-refractivity contribution >= 4 is 33.4 Å². The lowest BCUT2D eigenvalue weighted by Gasteiger charge is -2.16. The predicted octanol–water partition coefficient (Wildman–Crippen LogP) is 3.40. The Hall–Kier alpha value is -2.21. The molecule has 0 unspecified atom stereocenters. The second-order valence-corrected chi connectivity index (χ2v) is 5.28. The Kier molecular flexibility index (Phi) is 3.25. The van der Waals surface area contributed by atoms with Gasteiger partial charge >= 0.3 is 0 Å². The highest BCUT2D eigenvalue weighted by Gasteiger charge is 2.38. The van der Waals surface area contributed by atoms with Crippen molar-refractivity contribution in [3.05, 3.63) is 57.8 Å². The summed E-state index contributed by atoms with van der Waals surface area (Å²) in [5.41, 5.74) is 0.411. The van der Waals surface area contributed by atoms with Gasteiger partial charge in [-0.1, -0.05) is 12.1 Å². The number of carbonyl (C=O) groups excluding carboxylic acids is 2. The quantitative estimate of drug-likeness (QED) is 0.780. The highest BCUT2D eigenvalue weighted by Crippen LogP contribution is 2.36. The molecule has 2 aromatic rings. The Labute approximate surface area is 128 Å². The molecule has 4 nitrogen and oxygen atoms in total. The first-order chi connectivity index (χ1) is 10.0. The first kappa shape index (κ1) is 13.8. The van der Waals surface area contributed by atoms with Gasteiger partial charge in [-0.05, 0) is 34.1 Å². The van der Waals surface area contributed by atoms with Crippen LogP contribution in [-0.2, 0) is 0 Å². The molecule has 1 aliphatic heterocycles. The van der Waals surface area contributed by atoms with Gasteiger partial charge in [0, 0.05) is 6.07 Å². The lowest BCUT2D eigenvalue weighted by Crippen LogP contribution is -2.30. The van der Waals surface area contributed by atoms with Gasteiger partial charge in [0.2, 0.25) is 0 Å². The van der Waals surface area contributed by atoms with E-state index in [9.17, 15) is 14.0 Å². The number of anilines is 1. The fraction of sp³-hybridized carbons (Fsp3) is 0.0667. The number of amides is 2. The van der Waals surface area contributed by atoms with Crippen molar-refractivity contribution in [3.8, 4) is 5.75 Å². The fourth-order valence-electron chi connectivity index (χ4n) is 2.25. The fourth-order valence-corrected chi connectivity index (χ4v) is 2.73. The summed E-state index contributed by atoms with van der Waals surface area (Å²) in [4.78, 5) is 25.5. The van der Waals surface area contributed by atoms with Crippen molar-refractivity contribution in [3.63, 3.8) is 0 Å². The maximum Gasteiger partial charge on any atom is 0.266 e. The number of carbonyl (C=O) groups is 2. The van der Waals surface area contributed by atoms with Gasteiger partial charge in [0.05, 0.1) is 28.4 Å². The minimum Gasteiger partial charge on any atom is -0.495 e. The van der Waals surface area contributed by atoms with Crippen molar-refractivity contribution in [2.45, 2.75) is 0 Å². The third-order valence-corrected chi connectivity index (χ3v) is 3.88. The van der Waals surface area contributed by atoms with Crippen molar-refractivity contribution in [2.24, 2.45) is 0 Å². The molecule has 1 aliphatic rings. The smallest absolute Gasteiger partial charge is 0.266 e. The van der Waals surface area contributed by atoms with Gasteiger partial charge in [-0.2, -0.15) is 0 Å². The van der Waals surface area contributed by atoms with Gasteiger partial charge in [-0.3, -0.25) is 9.59 Å². The molecule has 21 heavy (non-hydrogen) atoms. The molecule has 0 spiro atoms. The SMILES string of the molecule is COc1cc(N2C(=O)c3ccccc3C2=O)c(F)cc1Br. The van der Waals surface area contributed by atoms with Gasteiger partial charge in [0.15, 0.2) is 0 Å². The molecule has 106 valence electrons. The molecule has 0 aromatic heterocycles. The van der Waals surface area contributed by atoms with Gasteiger partial charge in [-0.15, -0.1) is 0 Å². The number of methoxy groups -OCH3 is 1. The van der Waals surface area contributed by atoms with Crippen LogP contribution < -0.4 is 9.64 Å². The maximum atomic E-state index is 14.2.